The van der Waals surface area contributed by atoms with Gasteiger partial charge in [0.05, 0.1) is 11.2 Å². The smallest absolute Gasteiger partial charge is 0.297 e. The quantitative estimate of drug-likeness (QED) is 0.368. The Kier molecular flexibility index (Phi) is 8.52. The van der Waals surface area contributed by atoms with Gasteiger partial charge < -0.3 is 20.3 Å². The molecule has 202 valence electrons. The van der Waals surface area contributed by atoms with Gasteiger partial charge in [-0.05, 0) is 70.5 Å². The number of ether oxygens (including phenoxy) is 1. The second kappa shape index (κ2) is 11.8. The third-order valence-electron chi connectivity index (χ3n) is 7.03. The minimum Gasteiger partial charge on any atom is -0.492 e. The summed E-state index contributed by atoms with van der Waals surface area (Å²) in [5.74, 6) is 0.884. The molecule has 1 aliphatic carbocycles. The van der Waals surface area contributed by atoms with Crippen molar-refractivity contribution in [2.24, 2.45) is 0 Å². The topological polar surface area (TPSA) is 88.5 Å². The van der Waals surface area contributed by atoms with Gasteiger partial charge in [0.25, 0.3) is 11.5 Å². The summed E-state index contributed by atoms with van der Waals surface area (Å²) in [6, 6.07) is 13.6. The number of hydrogen-bond donors (Lipinski definition) is 2. The van der Waals surface area contributed by atoms with Crippen molar-refractivity contribution in [1.82, 2.24) is 19.8 Å². The molecule has 8 heteroatoms. The second-order valence-electron chi connectivity index (χ2n) is 10.3. The summed E-state index contributed by atoms with van der Waals surface area (Å²) in [6.07, 6.45) is 5.27. The molecule has 0 unspecified atom stereocenters. The van der Waals surface area contributed by atoms with E-state index in [0.717, 1.165) is 49.4 Å². The van der Waals surface area contributed by atoms with Gasteiger partial charge in [0.2, 0.25) is 0 Å². The van der Waals surface area contributed by atoms with Gasteiger partial charge in [-0.15, -0.1) is 0 Å². The molecule has 2 aromatic carbocycles. The number of anilines is 1. The number of amides is 1. The van der Waals surface area contributed by atoms with Crippen LogP contribution in [0.4, 0.5) is 5.82 Å². The van der Waals surface area contributed by atoms with E-state index in [-0.39, 0.29) is 23.3 Å². The van der Waals surface area contributed by atoms with E-state index in [1.165, 1.54) is 0 Å². The highest BCUT2D eigenvalue weighted by Crippen LogP contribution is 2.32. The first-order chi connectivity index (χ1) is 18.2. The number of benzene rings is 2. The molecule has 0 bridgehead atoms. The molecule has 2 N–H and O–H groups in total. The Morgan fingerprint density at radius 3 is 2.61 bits per heavy atom. The summed E-state index contributed by atoms with van der Waals surface area (Å²) in [6.45, 7) is 13.6. The molecule has 0 radical (unpaired) electrons. The number of rotatable bonds is 12. The summed E-state index contributed by atoms with van der Waals surface area (Å²) in [5.41, 5.74) is 2.08. The number of nitrogens with zero attached hydrogens (tertiary/aromatic N) is 3. The zero-order valence-corrected chi connectivity index (χ0v) is 23.1. The number of hydrogen-bond acceptors (Lipinski definition) is 6. The van der Waals surface area contributed by atoms with E-state index in [1.54, 1.807) is 29.1 Å². The van der Waals surface area contributed by atoms with E-state index in [4.69, 9.17) is 4.74 Å². The molecule has 0 saturated heterocycles. The number of carbonyl (C=O) groups excluding carboxylic acids is 1. The fraction of sp³-hybridized carbons (Fsp3) is 0.433. The van der Waals surface area contributed by atoms with Crippen LogP contribution in [-0.4, -0.2) is 52.6 Å². The number of aromatic nitrogens is 2. The molecule has 1 saturated carbocycles. The fourth-order valence-electron chi connectivity index (χ4n) is 4.49. The van der Waals surface area contributed by atoms with E-state index in [0.29, 0.717) is 17.9 Å². The Morgan fingerprint density at radius 1 is 1.16 bits per heavy atom. The fourth-order valence-corrected chi connectivity index (χ4v) is 4.49. The lowest BCUT2D eigenvalue weighted by Crippen LogP contribution is -2.34. The van der Waals surface area contributed by atoms with Crippen LogP contribution in [0.1, 0.15) is 62.0 Å². The average Bonchev–Trinajstić information content (AvgIpc) is 3.72. The van der Waals surface area contributed by atoms with Crippen LogP contribution < -0.4 is 20.9 Å². The van der Waals surface area contributed by atoms with Gasteiger partial charge >= 0.3 is 0 Å². The van der Waals surface area contributed by atoms with Crippen molar-refractivity contribution in [1.29, 1.82) is 0 Å². The molecule has 3 aromatic rings. The van der Waals surface area contributed by atoms with Gasteiger partial charge in [-0.3, -0.25) is 14.2 Å². The van der Waals surface area contributed by atoms with Crippen LogP contribution in [0.3, 0.4) is 0 Å². The minimum absolute atomic E-state index is 0.118. The highest BCUT2D eigenvalue weighted by Gasteiger charge is 2.27. The predicted molar refractivity (Wildman–Crippen MR) is 151 cm³/mol. The largest absolute Gasteiger partial charge is 0.492 e. The Bertz CT molecular complexity index is 1330. The molecule has 0 spiro atoms. The van der Waals surface area contributed by atoms with E-state index < -0.39 is 5.54 Å². The van der Waals surface area contributed by atoms with Crippen molar-refractivity contribution < 1.29 is 9.53 Å². The van der Waals surface area contributed by atoms with Crippen molar-refractivity contribution in [3.8, 4) is 11.4 Å². The molecule has 0 aliphatic heterocycles. The van der Waals surface area contributed by atoms with Crippen LogP contribution in [-0.2, 0) is 5.54 Å². The second-order valence-corrected chi connectivity index (χ2v) is 10.3. The van der Waals surface area contributed by atoms with E-state index in [9.17, 15) is 9.59 Å². The summed E-state index contributed by atoms with van der Waals surface area (Å²) in [4.78, 5) is 32.9. The third kappa shape index (κ3) is 6.42. The SMILES string of the molecule is CCN(CC)CCOc1ccccc1C(C)(C)Nc1nccn(-c2cc(C(=O)NC3CC3)ccc2C)c1=O. The van der Waals surface area contributed by atoms with E-state index >= 15 is 0 Å². The third-order valence-corrected chi connectivity index (χ3v) is 7.03. The number of likely N-dealkylation sites (N-methyl/N-ethyl adjacent to an activating group) is 1. The van der Waals surface area contributed by atoms with E-state index in [1.807, 2.05) is 51.1 Å². The van der Waals surface area contributed by atoms with Crippen molar-refractivity contribution in [3.63, 3.8) is 0 Å². The van der Waals surface area contributed by atoms with Gasteiger partial charge in [-0.1, -0.05) is 38.1 Å². The highest BCUT2D eigenvalue weighted by molar-refractivity contribution is 5.95. The van der Waals surface area contributed by atoms with Gasteiger partial charge in [0, 0.05) is 36.1 Å². The molecule has 1 amide bonds. The van der Waals surface area contributed by atoms with E-state index in [2.05, 4.69) is 34.4 Å². The molecular formula is C30H39N5O3. The zero-order chi connectivity index (χ0) is 27.3. The summed E-state index contributed by atoms with van der Waals surface area (Å²) in [5, 5.41) is 6.36. The highest BCUT2D eigenvalue weighted by atomic mass is 16.5. The summed E-state index contributed by atoms with van der Waals surface area (Å²) >= 11 is 0. The monoisotopic (exact) mass is 517 g/mol. The molecule has 1 aromatic heterocycles. The number of aryl methyl sites for hydroxylation is 1. The number of carbonyl (C=O) groups is 1. The average molecular weight is 518 g/mol. The van der Waals surface area contributed by atoms with Gasteiger partial charge in [0.1, 0.15) is 12.4 Å². The molecule has 8 nitrogen and oxygen atoms in total. The maximum atomic E-state index is 13.6. The summed E-state index contributed by atoms with van der Waals surface area (Å²) in [7, 11) is 0. The van der Waals surface area contributed by atoms with Gasteiger partial charge in [0.15, 0.2) is 5.82 Å². The normalized spacial score (nSPS) is 13.4. The lowest BCUT2D eigenvalue weighted by molar-refractivity contribution is 0.0951. The van der Waals surface area contributed by atoms with Crippen molar-refractivity contribution in [2.75, 3.05) is 31.6 Å². The Labute approximate surface area is 225 Å². The maximum Gasteiger partial charge on any atom is 0.297 e. The van der Waals surface area contributed by atoms with Crippen LogP contribution in [0.5, 0.6) is 5.75 Å². The first kappa shape index (κ1) is 27.4. The summed E-state index contributed by atoms with van der Waals surface area (Å²) < 4.78 is 7.72. The first-order valence-corrected chi connectivity index (χ1v) is 13.5. The van der Waals surface area contributed by atoms with Crippen molar-refractivity contribution >= 4 is 11.7 Å². The lowest BCUT2D eigenvalue weighted by atomic mass is 9.93. The van der Waals surface area contributed by atoms with Gasteiger partial charge in [-0.2, -0.15) is 0 Å². The van der Waals surface area contributed by atoms with Crippen LogP contribution in [0.15, 0.2) is 59.7 Å². The molecule has 1 heterocycles. The Hall–Kier alpha value is -3.65. The number of nitrogens with one attached hydrogen (secondary N) is 2. The molecule has 0 atom stereocenters. The Balaban J connectivity index is 1.58. The maximum absolute atomic E-state index is 13.6. The molecule has 38 heavy (non-hydrogen) atoms. The van der Waals surface area contributed by atoms with Crippen LogP contribution in [0.2, 0.25) is 0 Å². The van der Waals surface area contributed by atoms with Crippen LogP contribution in [0, 0.1) is 6.92 Å². The Morgan fingerprint density at radius 2 is 1.89 bits per heavy atom. The molecular weight excluding hydrogens is 478 g/mol. The van der Waals surface area contributed by atoms with Crippen LogP contribution >= 0.6 is 0 Å². The molecule has 1 fully saturated rings. The standard InChI is InChI=1S/C30H39N5O3/c1-6-34(7-2)18-19-38-26-11-9-8-10-24(26)30(4,5)33-27-29(37)35(17-16-31-27)25-20-22(13-12-21(25)3)28(36)32-23-14-15-23/h8-13,16-17,20,23H,6-7,14-15,18-19H2,1-5H3,(H,31,33)(H,32,36). The zero-order valence-electron chi connectivity index (χ0n) is 23.1. The van der Waals surface area contributed by atoms with Gasteiger partial charge in [-0.25, -0.2) is 4.98 Å². The lowest BCUT2D eigenvalue weighted by Gasteiger charge is -2.29. The number of para-hydroxylation sites is 1. The minimum atomic E-state index is -0.641. The van der Waals surface area contributed by atoms with Crippen molar-refractivity contribution in [3.05, 3.63) is 81.9 Å². The first-order valence-electron chi connectivity index (χ1n) is 13.5. The molecule has 1 aliphatic rings. The predicted octanol–water partition coefficient (Wildman–Crippen LogP) is 4.50. The molecule has 4 rings (SSSR count). The van der Waals surface area contributed by atoms with Crippen molar-refractivity contribution in [2.45, 2.75) is 59.0 Å². The van der Waals surface area contributed by atoms with Crippen LogP contribution in [0.25, 0.3) is 5.69 Å².